The number of nitrogens with zero attached hydrogens (tertiary/aromatic N) is 2. The largest absolute Gasteiger partial charge is 0.270 e. The minimum atomic E-state index is -0.399. The molecule has 94 valence electrons. The summed E-state index contributed by atoms with van der Waals surface area (Å²) in [6.07, 6.45) is 4.68. The van der Waals surface area contributed by atoms with E-state index in [1.807, 2.05) is 17.6 Å². The molecule has 0 fully saturated rings. The first-order valence-corrected chi connectivity index (χ1v) is 6.84. The number of hydrogen-bond acceptors (Lipinski definition) is 5. The molecule has 1 aromatic rings. The Kier molecular flexibility index (Phi) is 3.04. The van der Waals surface area contributed by atoms with Gasteiger partial charge in [0.05, 0.1) is 10.3 Å². The lowest BCUT2D eigenvalue weighted by Gasteiger charge is -2.12. The third-order valence-electron chi connectivity index (χ3n) is 2.96. The highest BCUT2D eigenvalue weighted by atomic mass is 32.2. The van der Waals surface area contributed by atoms with Gasteiger partial charge in [-0.15, -0.1) is 0 Å². The van der Waals surface area contributed by atoms with Crippen LogP contribution in [-0.2, 0) is 0 Å². The van der Waals surface area contributed by atoms with Crippen LogP contribution in [0.4, 0.5) is 5.69 Å². The van der Waals surface area contributed by atoms with Crippen LogP contribution < -0.4 is 10.6 Å². The maximum atomic E-state index is 10.9. The van der Waals surface area contributed by atoms with Crippen molar-refractivity contribution in [3.63, 3.8) is 0 Å². The van der Waals surface area contributed by atoms with Gasteiger partial charge in [0.1, 0.15) is 0 Å². The number of non-ortho nitro benzene ring substituents is 1. The molecule has 1 heterocycles. The Hall–Kier alpha value is -1.79. The molecule has 0 saturated carbocycles. The van der Waals surface area contributed by atoms with Crippen LogP contribution in [0.2, 0.25) is 0 Å². The zero-order chi connectivity index (χ0) is 13.4. The Bertz CT molecular complexity index is 778. The number of nitro groups is 1. The van der Waals surface area contributed by atoms with E-state index in [1.165, 1.54) is 18.0 Å². The molecule has 0 saturated heterocycles. The van der Waals surface area contributed by atoms with Gasteiger partial charge in [0.25, 0.3) is 5.69 Å². The predicted octanol–water partition coefficient (Wildman–Crippen LogP) is 2.24. The van der Waals surface area contributed by atoms with Crippen LogP contribution in [-0.4, -0.2) is 9.79 Å². The van der Waals surface area contributed by atoms with Crippen molar-refractivity contribution < 1.29 is 4.92 Å². The van der Waals surface area contributed by atoms with E-state index in [4.69, 9.17) is 12.2 Å². The summed E-state index contributed by atoms with van der Waals surface area (Å²) in [6.45, 7) is 0. The molecule has 2 aliphatic rings. The van der Waals surface area contributed by atoms with Crippen LogP contribution in [0.5, 0.6) is 0 Å². The lowest BCUT2D eigenvalue weighted by atomic mass is 9.94. The van der Waals surface area contributed by atoms with E-state index in [2.05, 4.69) is 4.40 Å². The summed E-state index contributed by atoms with van der Waals surface area (Å²) in [7, 11) is 0. The Labute approximate surface area is 118 Å². The van der Waals surface area contributed by atoms with E-state index in [-0.39, 0.29) is 5.69 Å². The summed E-state index contributed by atoms with van der Waals surface area (Å²) in [4.78, 5) is 11.3. The quantitative estimate of drug-likeness (QED) is 0.344. The fourth-order valence-corrected chi connectivity index (χ4v) is 3.06. The summed E-state index contributed by atoms with van der Waals surface area (Å²) >= 11 is 6.72. The molecule has 4 nitrogen and oxygen atoms in total. The standard InChI is InChI=1S/C13H8N2O2S2/c16-15(17)9-4-5-11-10(6-9)13-8(7-19-14-11)2-1-3-12(13)18/h1-2,4-7H,3H2. The highest BCUT2D eigenvalue weighted by Crippen LogP contribution is 2.25. The van der Waals surface area contributed by atoms with Crippen molar-refractivity contribution >= 4 is 40.3 Å². The summed E-state index contributed by atoms with van der Waals surface area (Å²) in [5, 5.41) is 14.3. The van der Waals surface area contributed by atoms with Gasteiger partial charge in [-0.3, -0.25) is 10.1 Å². The second-order valence-corrected chi connectivity index (χ2v) is 5.26. The molecule has 0 unspecified atom stereocenters. The number of rotatable bonds is 1. The number of fused-ring (bicyclic) bond motifs is 2. The molecular weight excluding hydrogens is 280 g/mol. The number of benzene rings is 1. The van der Waals surface area contributed by atoms with Crippen molar-refractivity contribution in [2.45, 2.75) is 6.42 Å². The van der Waals surface area contributed by atoms with Crippen LogP contribution in [0.3, 0.4) is 0 Å². The van der Waals surface area contributed by atoms with Crippen LogP contribution >= 0.6 is 24.2 Å². The number of thiocarbonyl (C=S) groups is 1. The zero-order valence-electron chi connectivity index (χ0n) is 9.70. The minimum absolute atomic E-state index is 0.0602. The Balaban J connectivity index is 2.43. The van der Waals surface area contributed by atoms with E-state index >= 15 is 0 Å². The van der Waals surface area contributed by atoms with Gasteiger partial charge in [0.15, 0.2) is 0 Å². The Morgan fingerprint density at radius 1 is 1.42 bits per heavy atom. The molecular formula is C13H8N2O2S2. The molecule has 0 bridgehead atoms. The zero-order valence-corrected chi connectivity index (χ0v) is 11.3. The fraction of sp³-hybridized carbons (Fsp3) is 0.0769. The van der Waals surface area contributed by atoms with Gasteiger partial charge in [-0.2, -0.15) is 0 Å². The van der Waals surface area contributed by atoms with Gasteiger partial charge < -0.3 is 0 Å². The van der Waals surface area contributed by atoms with Crippen LogP contribution in [0.25, 0.3) is 5.57 Å². The molecule has 1 aromatic carbocycles. The van der Waals surface area contributed by atoms with Gasteiger partial charge in [0, 0.05) is 51.6 Å². The summed E-state index contributed by atoms with van der Waals surface area (Å²) in [6, 6.07) is 4.70. The van der Waals surface area contributed by atoms with Crippen molar-refractivity contribution in [1.29, 1.82) is 0 Å². The second-order valence-electron chi connectivity index (χ2n) is 4.13. The topological polar surface area (TPSA) is 55.5 Å². The average Bonchev–Trinajstić information content (AvgIpc) is 2.57. The average molecular weight is 288 g/mol. The van der Waals surface area contributed by atoms with Crippen molar-refractivity contribution in [2.24, 2.45) is 4.40 Å². The number of allylic oxidation sites excluding steroid dienone is 3. The molecule has 0 N–H and O–H groups in total. The van der Waals surface area contributed by atoms with Crippen molar-refractivity contribution in [3.8, 4) is 0 Å². The molecule has 19 heavy (non-hydrogen) atoms. The van der Waals surface area contributed by atoms with E-state index in [9.17, 15) is 10.1 Å². The van der Waals surface area contributed by atoms with Gasteiger partial charge in [-0.25, -0.2) is 4.40 Å². The molecule has 0 aromatic heterocycles. The van der Waals surface area contributed by atoms with Crippen molar-refractivity contribution in [3.05, 3.63) is 62.0 Å². The summed E-state index contributed by atoms with van der Waals surface area (Å²) < 4.78 is 4.35. The summed E-state index contributed by atoms with van der Waals surface area (Å²) in [5.74, 6) is 0. The van der Waals surface area contributed by atoms with E-state index < -0.39 is 4.92 Å². The minimum Gasteiger partial charge on any atom is -0.258 e. The maximum Gasteiger partial charge on any atom is 0.270 e. The summed E-state index contributed by atoms with van der Waals surface area (Å²) in [5.41, 5.74) is 1.93. The molecule has 3 rings (SSSR count). The van der Waals surface area contributed by atoms with Crippen molar-refractivity contribution in [1.82, 2.24) is 0 Å². The van der Waals surface area contributed by atoms with E-state index in [1.54, 1.807) is 12.1 Å². The molecule has 0 radical (unpaired) electrons. The molecule has 1 aliphatic carbocycles. The van der Waals surface area contributed by atoms with Gasteiger partial charge >= 0.3 is 0 Å². The predicted molar refractivity (Wildman–Crippen MR) is 79.3 cm³/mol. The van der Waals surface area contributed by atoms with Gasteiger partial charge in [-0.1, -0.05) is 24.4 Å². The van der Waals surface area contributed by atoms with Crippen LogP contribution in [0.15, 0.2) is 45.7 Å². The molecule has 0 amide bonds. The van der Waals surface area contributed by atoms with E-state index in [0.29, 0.717) is 6.42 Å². The molecule has 6 heteroatoms. The first-order valence-electron chi connectivity index (χ1n) is 5.60. The third kappa shape index (κ3) is 2.13. The number of nitro benzene ring substituents is 1. The lowest BCUT2D eigenvalue weighted by Crippen LogP contribution is -2.29. The second kappa shape index (κ2) is 4.71. The van der Waals surface area contributed by atoms with E-state index in [0.717, 1.165) is 26.6 Å². The smallest absolute Gasteiger partial charge is 0.258 e. The molecule has 0 atom stereocenters. The maximum absolute atomic E-state index is 10.9. The highest BCUT2D eigenvalue weighted by Gasteiger charge is 2.17. The molecule has 0 spiro atoms. The van der Waals surface area contributed by atoms with Gasteiger partial charge in [-0.05, 0) is 11.6 Å². The van der Waals surface area contributed by atoms with Crippen molar-refractivity contribution in [2.75, 3.05) is 0 Å². The Morgan fingerprint density at radius 2 is 2.26 bits per heavy atom. The number of hydrogen-bond donors (Lipinski definition) is 0. The fourth-order valence-electron chi connectivity index (χ4n) is 2.10. The normalized spacial score (nSPS) is 16.9. The Morgan fingerprint density at radius 3 is 3.05 bits per heavy atom. The van der Waals surface area contributed by atoms with Gasteiger partial charge in [0.2, 0.25) is 0 Å². The monoisotopic (exact) mass is 288 g/mol. The SMILES string of the molecule is O=[N+]([O-])c1ccc2c(c1)=C1C(=S)CC=CC1=CSN=2. The highest BCUT2D eigenvalue weighted by molar-refractivity contribution is 8.00. The van der Waals surface area contributed by atoms with Crippen LogP contribution in [0, 0.1) is 10.1 Å². The third-order valence-corrected chi connectivity index (χ3v) is 3.99. The lowest BCUT2D eigenvalue weighted by molar-refractivity contribution is -0.385. The first kappa shape index (κ1) is 12.3. The van der Waals surface area contributed by atoms with Crippen LogP contribution in [0.1, 0.15) is 6.42 Å². The first-order chi connectivity index (χ1) is 9.16. The molecule has 1 aliphatic heterocycles.